The topological polar surface area (TPSA) is 44.9 Å². The molecule has 0 saturated heterocycles. The Bertz CT molecular complexity index is 586. The number of fused-ring (bicyclic) bond motifs is 1. The first-order valence-electron chi connectivity index (χ1n) is 5.86. The molecule has 0 aliphatic carbocycles. The average molecular weight is 263 g/mol. The van der Waals surface area contributed by atoms with Crippen LogP contribution in [-0.4, -0.2) is 17.4 Å². The third-order valence-corrected chi connectivity index (χ3v) is 2.98. The molecule has 3 nitrogen and oxygen atoms in total. The summed E-state index contributed by atoms with van der Waals surface area (Å²) in [6.45, 7) is 2.43. The second-order valence-corrected chi connectivity index (χ2v) is 4.48. The van der Waals surface area contributed by atoms with E-state index in [1.807, 2.05) is 31.3 Å². The fraction of sp³-hybridized carbons (Fsp3) is 0.214. The number of amides is 1. The number of hydrogen-bond acceptors (Lipinski definition) is 1. The number of aromatic amines is 1. The third-order valence-electron chi connectivity index (χ3n) is 2.74. The normalized spacial score (nSPS) is 11.2. The van der Waals surface area contributed by atoms with Crippen molar-refractivity contribution in [2.24, 2.45) is 0 Å². The zero-order chi connectivity index (χ0) is 13.0. The van der Waals surface area contributed by atoms with Crippen LogP contribution in [0, 0.1) is 0 Å². The van der Waals surface area contributed by atoms with Gasteiger partial charge < -0.3 is 10.3 Å². The molecular formula is C14H15ClN2O. The van der Waals surface area contributed by atoms with Gasteiger partial charge in [0.25, 0.3) is 0 Å². The Hall–Kier alpha value is -1.74. The molecule has 1 amide bonds. The molecule has 0 unspecified atom stereocenters. The fourth-order valence-corrected chi connectivity index (χ4v) is 2.06. The van der Waals surface area contributed by atoms with Crippen LogP contribution in [-0.2, 0) is 11.2 Å². The lowest BCUT2D eigenvalue weighted by atomic mass is 10.1. The third kappa shape index (κ3) is 2.93. The van der Waals surface area contributed by atoms with Crippen LogP contribution in [0.1, 0.15) is 12.5 Å². The van der Waals surface area contributed by atoms with Crippen molar-refractivity contribution in [3.8, 4) is 0 Å². The fourth-order valence-electron chi connectivity index (χ4n) is 1.89. The summed E-state index contributed by atoms with van der Waals surface area (Å²) in [5, 5.41) is 4.67. The number of benzene rings is 1. The molecule has 94 valence electrons. The van der Waals surface area contributed by atoms with Gasteiger partial charge in [-0.15, -0.1) is 0 Å². The Kier molecular flexibility index (Phi) is 4.05. The van der Waals surface area contributed by atoms with Crippen LogP contribution >= 0.6 is 11.6 Å². The van der Waals surface area contributed by atoms with E-state index < -0.39 is 0 Å². The summed E-state index contributed by atoms with van der Waals surface area (Å²) in [5.41, 5.74) is 2.22. The second-order valence-electron chi connectivity index (χ2n) is 4.04. The van der Waals surface area contributed by atoms with E-state index in [1.54, 1.807) is 6.08 Å². The summed E-state index contributed by atoms with van der Waals surface area (Å²) >= 11 is 5.98. The van der Waals surface area contributed by atoms with Crippen LogP contribution in [0.3, 0.4) is 0 Å². The zero-order valence-electron chi connectivity index (χ0n) is 10.2. The molecule has 0 radical (unpaired) electrons. The van der Waals surface area contributed by atoms with E-state index in [2.05, 4.69) is 10.3 Å². The van der Waals surface area contributed by atoms with Crippen molar-refractivity contribution in [3.63, 3.8) is 0 Å². The van der Waals surface area contributed by atoms with Gasteiger partial charge in [-0.3, -0.25) is 4.79 Å². The first kappa shape index (κ1) is 12.7. The predicted molar refractivity (Wildman–Crippen MR) is 74.8 cm³/mol. The van der Waals surface area contributed by atoms with Gasteiger partial charge in [-0.25, -0.2) is 0 Å². The van der Waals surface area contributed by atoms with E-state index >= 15 is 0 Å². The van der Waals surface area contributed by atoms with Crippen LogP contribution in [0.25, 0.3) is 10.9 Å². The van der Waals surface area contributed by atoms with Gasteiger partial charge >= 0.3 is 0 Å². The van der Waals surface area contributed by atoms with E-state index in [0.717, 1.165) is 27.9 Å². The van der Waals surface area contributed by atoms with Crippen molar-refractivity contribution < 1.29 is 4.79 Å². The predicted octanol–water partition coefficient (Wildman–Crippen LogP) is 3.06. The van der Waals surface area contributed by atoms with Crippen LogP contribution in [0.5, 0.6) is 0 Å². The van der Waals surface area contributed by atoms with E-state index in [-0.39, 0.29) is 5.91 Å². The molecule has 0 bridgehead atoms. The van der Waals surface area contributed by atoms with Crippen LogP contribution in [0.15, 0.2) is 36.5 Å². The standard InChI is InChI=1S/C14H15ClN2O/c1-2-3-14(18)16-7-6-10-9-17-13-5-4-11(15)8-12(10)13/h2-5,8-9,17H,6-7H2,1H3,(H,16,18). The molecule has 2 aromatic rings. The number of aromatic nitrogens is 1. The summed E-state index contributed by atoms with van der Waals surface area (Å²) in [6.07, 6.45) is 5.99. The van der Waals surface area contributed by atoms with Gasteiger partial charge in [0.2, 0.25) is 5.91 Å². The highest BCUT2D eigenvalue weighted by molar-refractivity contribution is 6.31. The first-order valence-corrected chi connectivity index (χ1v) is 6.24. The molecule has 1 heterocycles. The maximum absolute atomic E-state index is 11.3. The van der Waals surface area contributed by atoms with Crippen molar-refractivity contribution in [3.05, 3.63) is 47.1 Å². The molecule has 2 rings (SSSR count). The Morgan fingerprint density at radius 3 is 3.11 bits per heavy atom. The van der Waals surface area contributed by atoms with Gasteiger partial charge in [-0.1, -0.05) is 17.7 Å². The molecule has 0 atom stereocenters. The van der Waals surface area contributed by atoms with Crippen LogP contribution < -0.4 is 5.32 Å². The molecule has 1 aromatic heterocycles. The number of halogens is 1. The molecule has 0 spiro atoms. The molecule has 0 saturated carbocycles. The molecule has 0 aliphatic rings. The van der Waals surface area contributed by atoms with Gasteiger partial charge in [0, 0.05) is 28.7 Å². The Balaban J connectivity index is 2.04. The largest absolute Gasteiger partial charge is 0.361 e. The highest BCUT2D eigenvalue weighted by Gasteiger charge is 2.04. The van der Waals surface area contributed by atoms with Gasteiger partial charge in [-0.05, 0) is 43.2 Å². The minimum Gasteiger partial charge on any atom is -0.361 e. The zero-order valence-corrected chi connectivity index (χ0v) is 10.9. The van der Waals surface area contributed by atoms with Crippen LogP contribution in [0.4, 0.5) is 0 Å². The smallest absolute Gasteiger partial charge is 0.243 e. The van der Waals surface area contributed by atoms with Crippen molar-refractivity contribution in [2.75, 3.05) is 6.54 Å². The lowest BCUT2D eigenvalue weighted by molar-refractivity contribution is -0.116. The van der Waals surface area contributed by atoms with Crippen LogP contribution in [0.2, 0.25) is 5.02 Å². The maximum atomic E-state index is 11.3. The average Bonchev–Trinajstić information content (AvgIpc) is 2.72. The SMILES string of the molecule is CC=CC(=O)NCCc1c[nH]c2ccc(Cl)cc12. The second kappa shape index (κ2) is 5.74. The number of H-pyrrole nitrogens is 1. The minimum atomic E-state index is -0.0598. The Morgan fingerprint density at radius 1 is 1.50 bits per heavy atom. The number of rotatable bonds is 4. The Morgan fingerprint density at radius 2 is 2.33 bits per heavy atom. The van der Waals surface area contributed by atoms with E-state index in [4.69, 9.17) is 11.6 Å². The van der Waals surface area contributed by atoms with Gasteiger partial charge in [0.15, 0.2) is 0 Å². The van der Waals surface area contributed by atoms with Crippen molar-refractivity contribution >= 4 is 28.4 Å². The van der Waals surface area contributed by atoms with E-state index in [0.29, 0.717) is 6.54 Å². The maximum Gasteiger partial charge on any atom is 0.243 e. The minimum absolute atomic E-state index is 0.0598. The molecular weight excluding hydrogens is 248 g/mol. The number of carbonyl (C=O) groups is 1. The summed E-state index contributed by atoms with van der Waals surface area (Å²) in [4.78, 5) is 14.5. The van der Waals surface area contributed by atoms with Gasteiger partial charge in [0.05, 0.1) is 0 Å². The Labute approximate surface area is 111 Å². The lowest BCUT2D eigenvalue weighted by Crippen LogP contribution is -2.23. The molecule has 0 aliphatic heterocycles. The number of hydrogen-bond donors (Lipinski definition) is 2. The summed E-state index contributed by atoms with van der Waals surface area (Å²) in [5.74, 6) is -0.0598. The molecule has 18 heavy (non-hydrogen) atoms. The monoisotopic (exact) mass is 262 g/mol. The lowest BCUT2D eigenvalue weighted by Gasteiger charge is -2.01. The highest BCUT2D eigenvalue weighted by Crippen LogP contribution is 2.22. The summed E-state index contributed by atoms with van der Waals surface area (Å²) < 4.78 is 0. The number of carbonyl (C=O) groups excluding carboxylic acids is 1. The van der Waals surface area contributed by atoms with Crippen molar-refractivity contribution in [1.82, 2.24) is 10.3 Å². The summed E-state index contributed by atoms with van der Waals surface area (Å²) in [7, 11) is 0. The van der Waals surface area contributed by atoms with E-state index in [9.17, 15) is 4.79 Å². The van der Waals surface area contributed by atoms with Crippen molar-refractivity contribution in [2.45, 2.75) is 13.3 Å². The molecule has 4 heteroatoms. The quantitative estimate of drug-likeness (QED) is 0.818. The summed E-state index contributed by atoms with van der Waals surface area (Å²) in [6, 6.07) is 5.76. The van der Waals surface area contributed by atoms with Crippen molar-refractivity contribution in [1.29, 1.82) is 0 Å². The molecule has 1 aromatic carbocycles. The highest BCUT2D eigenvalue weighted by atomic mass is 35.5. The van der Waals surface area contributed by atoms with Gasteiger partial charge in [-0.2, -0.15) is 0 Å². The van der Waals surface area contributed by atoms with E-state index in [1.165, 1.54) is 6.08 Å². The number of nitrogens with one attached hydrogen (secondary N) is 2. The molecule has 2 N–H and O–H groups in total. The van der Waals surface area contributed by atoms with Gasteiger partial charge in [0.1, 0.15) is 0 Å². The molecule has 0 fully saturated rings. The first-order chi connectivity index (χ1) is 8.70. The number of allylic oxidation sites excluding steroid dienone is 1.